The average molecular weight is 210 g/mol. The standard InChI is InChI=1S/C11H22N4/c1-5-13-11(14-6-1)15-9-4-10-2-7-12-8-3-10/h10,12H,1-9H2,(H2,13,14,15). The Hall–Kier alpha value is -0.770. The van der Waals surface area contributed by atoms with E-state index in [2.05, 4.69) is 20.9 Å². The second-order valence-electron chi connectivity index (χ2n) is 4.42. The molecule has 4 heteroatoms. The summed E-state index contributed by atoms with van der Waals surface area (Å²) in [4.78, 5) is 4.39. The van der Waals surface area contributed by atoms with Gasteiger partial charge in [0.2, 0.25) is 0 Å². The van der Waals surface area contributed by atoms with Gasteiger partial charge in [0, 0.05) is 19.6 Å². The van der Waals surface area contributed by atoms with Crippen LogP contribution in [0.1, 0.15) is 25.7 Å². The molecule has 15 heavy (non-hydrogen) atoms. The second-order valence-corrected chi connectivity index (χ2v) is 4.42. The molecule has 4 nitrogen and oxygen atoms in total. The van der Waals surface area contributed by atoms with E-state index in [4.69, 9.17) is 0 Å². The molecule has 0 saturated carbocycles. The number of piperidine rings is 1. The van der Waals surface area contributed by atoms with Crippen molar-refractivity contribution in [1.82, 2.24) is 16.0 Å². The van der Waals surface area contributed by atoms with Gasteiger partial charge in [0.25, 0.3) is 0 Å². The highest BCUT2D eigenvalue weighted by molar-refractivity contribution is 5.80. The van der Waals surface area contributed by atoms with E-state index in [1.54, 1.807) is 0 Å². The van der Waals surface area contributed by atoms with Crippen molar-refractivity contribution in [2.45, 2.75) is 25.7 Å². The van der Waals surface area contributed by atoms with Gasteiger partial charge in [-0.05, 0) is 44.7 Å². The topological polar surface area (TPSA) is 48.5 Å². The molecule has 2 aliphatic rings. The molecule has 0 bridgehead atoms. The third kappa shape index (κ3) is 3.70. The van der Waals surface area contributed by atoms with Crippen molar-refractivity contribution in [2.24, 2.45) is 10.9 Å². The Balaban J connectivity index is 1.59. The predicted octanol–water partition coefficient (Wildman–Crippen LogP) is 0.315. The summed E-state index contributed by atoms with van der Waals surface area (Å²) in [6.45, 7) is 5.51. The lowest BCUT2D eigenvalue weighted by molar-refractivity contribution is 0.354. The maximum Gasteiger partial charge on any atom is 0.191 e. The van der Waals surface area contributed by atoms with Crippen LogP contribution in [0.15, 0.2) is 4.99 Å². The molecule has 0 aromatic heterocycles. The van der Waals surface area contributed by atoms with Crippen LogP contribution in [0, 0.1) is 5.92 Å². The molecule has 0 atom stereocenters. The number of rotatable bonds is 3. The molecule has 0 unspecified atom stereocenters. The van der Waals surface area contributed by atoms with Gasteiger partial charge in [0.05, 0.1) is 0 Å². The van der Waals surface area contributed by atoms with E-state index in [9.17, 15) is 0 Å². The highest BCUT2D eigenvalue weighted by Crippen LogP contribution is 2.14. The number of nitrogens with one attached hydrogen (secondary N) is 3. The zero-order valence-corrected chi connectivity index (χ0v) is 9.39. The van der Waals surface area contributed by atoms with E-state index in [0.29, 0.717) is 0 Å². The van der Waals surface area contributed by atoms with Gasteiger partial charge < -0.3 is 16.0 Å². The van der Waals surface area contributed by atoms with Gasteiger partial charge in [-0.25, -0.2) is 0 Å². The van der Waals surface area contributed by atoms with Crippen molar-refractivity contribution < 1.29 is 0 Å². The van der Waals surface area contributed by atoms with Crippen molar-refractivity contribution >= 4 is 5.96 Å². The van der Waals surface area contributed by atoms with E-state index in [0.717, 1.165) is 31.5 Å². The molecule has 0 radical (unpaired) electrons. The van der Waals surface area contributed by atoms with Gasteiger partial charge in [-0.1, -0.05) is 0 Å². The van der Waals surface area contributed by atoms with Crippen LogP contribution in [0.2, 0.25) is 0 Å². The molecule has 2 rings (SSSR count). The predicted molar refractivity (Wildman–Crippen MR) is 63.1 cm³/mol. The minimum atomic E-state index is 0.906. The molecular weight excluding hydrogens is 188 g/mol. The van der Waals surface area contributed by atoms with Gasteiger partial charge in [-0.3, -0.25) is 4.99 Å². The van der Waals surface area contributed by atoms with Crippen molar-refractivity contribution in [2.75, 3.05) is 32.7 Å². The third-order valence-electron chi connectivity index (χ3n) is 3.20. The SMILES string of the molecule is C1CN=C(NCCC2CCNCC2)NC1. The largest absolute Gasteiger partial charge is 0.356 e. The van der Waals surface area contributed by atoms with Gasteiger partial charge in [-0.15, -0.1) is 0 Å². The van der Waals surface area contributed by atoms with Crippen LogP contribution in [0.25, 0.3) is 0 Å². The van der Waals surface area contributed by atoms with Crippen molar-refractivity contribution in [3.8, 4) is 0 Å². The maximum absolute atomic E-state index is 4.39. The summed E-state index contributed by atoms with van der Waals surface area (Å²) in [5, 5.41) is 10.1. The minimum absolute atomic E-state index is 0.906. The molecule has 1 fully saturated rings. The van der Waals surface area contributed by atoms with Crippen LogP contribution >= 0.6 is 0 Å². The highest BCUT2D eigenvalue weighted by Gasteiger charge is 2.12. The first-order chi connectivity index (χ1) is 7.45. The summed E-state index contributed by atoms with van der Waals surface area (Å²) in [5.74, 6) is 1.91. The van der Waals surface area contributed by atoms with Crippen LogP contribution in [0.4, 0.5) is 0 Å². The van der Waals surface area contributed by atoms with E-state index in [1.165, 1.54) is 38.8 Å². The number of nitrogens with zero attached hydrogens (tertiary/aromatic N) is 1. The Bertz CT molecular complexity index is 209. The van der Waals surface area contributed by atoms with Crippen molar-refractivity contribution in [3.63, 3.8) is 0 Å². The van der Waals surface area contributed by atoms with Gasteiger partial charge in [0.15, 0.2) is 5.96 Å². The summed E-state index contributed by atoms with van der Waals surface area (Å²) >= 11 is 0. The molecule has 86 valence electrons. The van der Waals surface area contributed by atoms with Gasteiger partial charge in [0.1, 0.15) is 0 Å². The average Bonchev–Trinajstić information content (AvgIpc) is 2.32. The normalized spacial score (nSPS) is 23.1. The van der Waals surface area contributed by atoms with Crippen molar-refractivity contribution in [1.29, 1.82) is 0 Å². The Morgan fingerprint density at radius 3 is 2.87 bits per heavy atom. The fourth-order valence-electron chi connectivity index (χ4n) is 2.22. The van der Waals surface area contributed by atoms with E-state index < -0.39 is 0 Å². The van der Waals surface area contributed by atoms with Crippen LogP contribution in [0.3, 0.4) is 0 Å². The Morgan fingerprint density at radius 1 is 1.27 bits per heavy atom. The molecule has 0 spiro atoms. The molecule has 2 heterocycles. The summed E-state index contributed by atoms with van der Waals surface area (Å²) in [5.41, 5.74) is 0. The van der Waals surface area contributed by atoms with Crippen LogP contribution in [-0.2, 0) is 0 Å². The number of aliphatic imine (C=N–C) groups is 1. The summed E-state index contributed by atoms with van der Waals surface area (Å²) < 4.78 is 0. The zero-order chi connectivity index (χ0) is 10.3. The lowest BCUT2D eigenvalue weighted by Gasteiger charge is -2.23. The Morgan fingerprint density at radius 2 is 2.13 bits per heavy atom. The molecule has 0 aromatic carbocycles. The van der Waals surface area contributed by atoms with Crippen molar-refractivity contribution in [3.05, 3.63) is 0 Å². The smallest absolute Gasteiger partial charge is 0.191 e. The maximum atomic E-state index is 4.39. The summed E-state index contributed by atoms with van der Waals surface area (Å²) in [6.07, 6.45) is 5.12. The lowest BCUT2D eigenvalue weighted by Crippen LogP contribution is -2.41. The molecule has 2 aliphatic heterocycles. The van der Waals surface area contributed by atoms with Crippen LogP contribution in [-0.4, -0.2) is 38.7 Å². The molecule has 0 aliphatic carbocycles. The minimum Gasteiger partial charge on any atom is -0.356 e. The number of hydrogen-bond acceptors (Lipinski definition) is 4. The van der Waals surface area contributed by atoms with Gasteiger partial charge >= 0.3 is 0 Å². The van der Waals surface area contributed by atoms with E-state index >= 15 is 0 Å². The number of hydrogen-bond donors (Lipinski definition) is 3. The lowest BCUT2D eigenvalue weighted by atomic mass is 9.95. The molecule has 0 amide bonds. The third-order valence-corrected chi connectivity index (χ3v) is 3.20. The molecule has 3 N–H and O–H groups in total. The summed E-state index contributed by atoms with van der Waals surface area (Å²) in [6, 6.07) is 0. The fourth-order valence-corrected chi connectivity index (χ4v) is 2.22. The molecular formula is C11H22N4. The van der Waals surface area contributed by atoms with Gasteiger partial charge in [-0.2, -0.15) is 0 Å². The Kier molecular flexibility index (Phi) is 4.26. The number of guanidine groups is 1. The first kappa shape index (κ1) is 10.7. The first-order valence-corrected chi connectivity index (χ1v) is 6.18. The van der Waals surface area contributed by atoms with Crippen LogP contribution in [0.5, 0.6) is 0 Å². The van der Waals surface area contributed by atoms with Crippen LogP contribution < -0.4 is 16.0 Å². The zero-order valence-electron chi connectivity index (χ0n) is 9.39. The molecule has 1 saturated heterocycles. The molecule has 0 aromatic rings. The quantitative estimate of drug-likeness (QED) is 0.628. The second kappa shape index (κ2) is 5.95. The fraction of sp³-hybridized carbons (Fsp3) is 0.909. The monoisotopic (exact) mass is 210 g/mol. The Labute approximate surface area is 91.9 Å². The van der Waals surface area contributed by atoms with E-state index in [-0.39, 0.29) is 0 Å². The summed E-state index contributed by atoms with van der Waals surface area (Å²) in [7, 11) is 0. The highest BCUT2D eigenvalue weighted by atomic mass is 15.2. The van der Waals surface area contributed by atoms with E-state index in [1.807, 2.05) is 0 Å². The first-order valence-electron chi connectivity index (χ1n) is 6.18.